The van der Waals surface area contributed by atoms with Gasteiger partial charge in [0.2, 0.25) is 0 Å². The van der Waals surface area contributed by atoms with Crippen LogP contribution in [0.25, 0.3) is 0 Å². The lowest BCUT2D eigenvalue weighted by Gasteiger charge is -2.36. The fraction of sp³-hybridized carbons (Fsp3) is 0.625. The minimum absolute atomic E-state index is 0.411. The van der Waals surface area contributed by atoms with Crippen molar-refractivity contribution < 1.29 is 0 Å². The quantitative estimate of drug-likeness (QED) is 0.465. The van der Waals surface area contributed by atoms with Gasteiger partial charge in [-0.15, -0.1) is 11.8 Å². The lowest BCUT2D eigenvalue weighted by molar-refractivity contribution is 0.185. The second-order valence-electron chi connectivity index (χ2n) is 6.22. The Kier molecular flexibility index (Phi) is 6.40. The predicted molar refractivity (Wildman–Crippen MR) is 91.6 cm³/mol. The van der Waals surface area contributed by atoms with Gasteiger partial charge in [0.1, 0.15) is 0 Å². The fourth-order valence-electron chi connectivity index (χ4n) is 3.37. The van der Waals surface area contributed by atoms with Crippen LogP contribution in [0.15, 0.2) is 33.6 Å². The number of thioether (sulfide) groups is 1. The summed E-state index contributed by atoms with van der Waals surface area (Å²) in [7, 11) is 0. The molecule has 0 radical (unpaired) electrons. The Balaban J connectivity index is 1.89. The molecule has 1 aromatic carbocycles. The molecule has 2 nitrogen and oxygen atoms in total. The van der Waals surface area contributed by atoms with Gasteiger partial charge in [-0.2, -0.15) is 0 Å². The summed E-state index contributed by atoms with van der Waals surface area (Å²) >= 11 is 5.37. The summed E-state index contributed by atoms with van der Waals surface area (Å²) in [4.78, 5) is 1.31. The third-order valence-corrected chi connectivity index (χ3v) is 5.90. The number of halogens is 1. The summed E-state index contributed by atoms with van der Waals surface area (Å²) in [5, 5.41) is 0. The molecule has 0 aromatic heterocycles. The van der Waals surface area contributed by atoms with Gasteiger partial charge >= 0.3 is 0 Å². The van der Waals surface area contributed by atoms with Gasteiger partial charge < -0.3 is 0 Å². The van der Waals surface area contributed by atoms with Crippen LogP contribution in [0.2, 0.25) is 0 Å². The zero-order chi connectivity index (χ0) is 14.5. The largest absolute Gasteiger partial charge is 0.271 e. The Morgan fingerprint density at radius 1 is 1.20 bits per heavy atom. The third-order valence-electron chi connectivity index (χ3n) is 4.24. The molecule has 0 saturated heterocycles. The van der Waals surface area contributed by atoms with Crippen LogP contribution in [-0.2, 0) is 0 Å². The molecule has 2 rings (SSSR count). The van der Waals surface area contributed by atoms with Gasteiger partial charge in [-0.05, 0) is 61.3 Å². The molecule has 1 saturated carbocycles. The van der Waals surface area contributed by atoms with Crippen LogP contribution in [0.3, 0.4) is 0 Å². The van der Waals surface area contributed by atoms with E-state index in [9.17, 15) is 0 Å². The van der Waals surface area contributed by atoms with E-state index in [1.165, 1.54) is 24.2 Å². The Morgan fingerprint density at radius 3 is 2.35 bits per heavy atom. The highest BCUT2D eigenvalue weighted by Crippen LogP contribution is 2.36. The number of benzene rings is 1. The van der Waals surface area contributed by atoms with E-state index in [-0.39, 0.29) is 0 Å². The SMILES string of the molecule is CC1CC(C)CC(C(CSc2ccc(Br)cc2)NN)C1. The molecule has 0 amide bonds. The standard InChI is InChI=1S/C16H25BrN2S/c1-11-7-12(2)9-13(8-11)16(19-18)10-20-15-5-3-14(17)4-6-15/h3-6,11-13,16,19H,7-10,18H2,1-2H3. The van der Waals surface area contributed by atoms with Gasteiger partial charge in [0.25, 0.3) is 0 Å². The van der Waals surface area contributed by atoms with Crippen LogP contribution in [0, 0.1) is 17.8 Å². The first kappa shape index (κ1) is 16.3. The Labute approximate surface area is 135 Å². The molecule has 0 aliphatic heterocycles. The minimum Gasteiger partial charge on any atom is -0.271 e. The summed E-state index contributed by atoms with van der Waals surface area (Å²) < 4.78 is 1.13. The number of nitrogens with one attached hydrogen (secondary N) is 1. The van der Waals surface area contributed by atoms with Crippen molar-refractivity contribution in [2.24, 2.45) is 23.6 Å². The Hall–Kier alpha value is -0.0300. The van der Waals surface area contributed by atoms with Crippen molar-refractivity contribution in [3.05, 3.63) is 28.7 Å². The first-order valence-electron chi connectivity index (χ1n) is 7.43. The van der Waals surface area contributed by atoms with Crippen LogP contribution in [0.4, 0.5) is 0 Å². The summed E-state index contributed by atoms with van der Waals surface area (Å²) in [6.45, 7) is 4.75. The number of hydrazine groups is 1. The van der Waals surface area contributed by atoms with Crippen molar-refractivity contribution in [1.29, 1.82) is 0 Å². The minimum atomic E-state index is 0.411. The molecule has 3 N–H and O–H groups in total. The van der Waals surface area contributed by atoms with Gasteiger partial charge in [-0.3, -0.25) is 11.3 Å². The third kappa shape index (κ3) is 4.76. The van der Waals surface area contributed by atoms with Crippen LogP contribution >= 0.6 is 27.7 Å². The first-order chi connectivity index (χ1) is 9.58. The Bertz CT molecular complexity index is 399. The van der Waals surface area contributed by atoms with Gasteiger partial charge in [0.15, 0.2) is 0 Å². The maximum atomic E-state index is 5.81. The summed E-state index contributed by atoms with van der Waals surface area (Å²) in [5.74, 6) is 9.23. The molecule has 0 spiro atoms. The smallest absolute Gasteiger partial charge is 0.0333 e. The van der Waals surface area contributed by atoms with Gasteiger partial charge in [0, 0.05) is 21.2 Å². The molecular formula is C16H25BrN2S. The molecule has 112 valence electrons. The molecule has 3 atom stereocenters. The average molecular weight is 357 g/mol. The fourth-order valence-corrected chi connectivity index (χ4v) is 4.71. The van der Waals surface area contributed by atoms with Gasteiger partial charge in [-0.1, -0.05) is 29.8 Å². The highest BCUT2D eigenvalue weighted by Gasteiger charge is 2.29. The van der Waals surface area contributed by atoms with E-state index >= 15 is 0 Å². The molecule has 1 aliphatic rings. The van der Waals surface area contributed by atoms with Crippen LogP contribution in [-0.4, -0.2) is 11.8 Å². The lowest BCUT2D eigenvalue weighted by Crippen LogP contribution is -2.45. The van der Waals surface area contributed by atoms with Crippen molar-refractivity contribution in [1.82, 2.24) is 5.43 Å². The monoisotopic (exact) mass is 356 g/mol. The van der Waals surface area contributed by atoms with Crippen LogP contribution in [0.1, 0.15) is 33.1 Å². The lowest BCUT2D eigenvalue weighted by atomic mass is 9.74. The molecule has 1 aromatic rings. The zero-order valence-corrected chi connectivity index (χ0v) is 14.7. The van der Waals surface area contributed by atoms with Crippen molar-refractivity contribution in [3.63, 3.8) is 0 Å². The molecule has 0 bridgehead atoms. The summed E-state index contributed by atoms with van der Waals surface area (Å²) in [6.07, 6.45) is 3.98. The molecule has 3 unspecified atom stereocenters. The van der Waals surface area contributed by atoms with Crippen molar-refractivity contribution in [2.75, 3.05) is 5.75 Å². The summed E-state index contributed by atoms with van der Waals surface area (Å²) in [6, 6.07) is 8.92. The normalized spacial score (nSPS) is 28.3. The molecule has 1 fully saturated rings. The molecule has 20 heavy (non-hydrogen) atoms. The summed E-state index contributed by atoms with van der Waals surface area (Å²) in [5.41, 5.74) is 3.06. The maximum Gasteiger partial charge on any atom is 0.0333 e. The molecule has 1 aliphatic carbocycles. The van der Waals surface area contributed by atoms with E-state index in [0.29, 0.717) is 12.0 Å². The van der Waals surface area contributed by atoms with E-state index in [1.54, 1.807) is 0 Å². The van der Waals surface area contributed by atoms with Crippen molar-refractivity contribution in [3.8, 4) is 0 Å². The highest BCUT2D eigenvalue weighted by atomic mass is 79.9. The maximum absolute atomic E-state index is 5.81. The Morgan fingerprint density at radius 2 is 1.80 bits per heavy atom. The van der Waals surface area contributed by atoms with E-state index in [1.807, 2.05) is 11.8 Å². The van der Waals surface area contributed by atoms with E-state index in [2.05, 4.69) is 59.5 Å². The van der Waals surface area contributed by atoms with Crippen LogP contribution < -0.4 is 11.3 Å². The molecule has 4 heteroatoms. The number of nitrogens with two attached hydrogens (primary N) is 1. The average Bonchev–Trinajstić information content (AvgIpc) is 2.40. The van der Waals surface area contributed by atoms with E-state index in [4.69, 9.17) is 5.84 Å². The first-order valence-corrected chi connectivity index (χ1v) is 9.20. The molecular weight excluding hydrogens is 332 g/mol. The molecule has 0 heterocycles. The highest BCUT2D eigenvalue weighted by molar-refractivity contribution is 9.10. The van der Waals surface area contributed by atoms with Gasteiger partial charge in [-0.25, -0.2) is 0 Å². The van der Waals surface area contributed by atoms with Crippen molar-refractivity contribution >= 4 is 27.7 Å². The second kappa shape index (κ2) is 7.83. The second-order valence-corrected chi connectivity index (χ2v) is 8.22. The topological polar surface area (TPSA) is 38.0 Å². The number of hydrogen-bond acceptors (Lipinski definition) is 3. The number of rotatable bonds is 5. The van der Waals surface area contributed by atoms with Gasteiger partial charge in [0.05, 0.1) is 0 Å². The van der Waals surface area contributed by atoms with E-state index in [0.717, 1.165) is 22.1 Å². The van der Waals surface area contributed by atoms with Crippen LogP contribution in [0.5, 0.6) is 0 Å². The zero-order valence-electron chi connectivity index (χ0n) is 12.3. The predicted octanol–water partition coefficient (Wildman–Crippen LogP) is 4.45. The van der Waals surface area contributed by atoms with Crippen molar-refractivity contribution in [2.45, 2.75) is 44.0 Å². The number of hydrogen-bond donors (Lipinski definition) is 2. The van der Waals surface area contributed by atoms with E-state index < -0.39 is 0 Å².